The fourth-order valence-electron chi connectivity index (χ4n) is 2.03. The Labute approximate surface area is 129 Å². The van der Waals surface area contributed by atoms with E-state index in [9.17, 15) is 4.79 Å². The molecule has 0 amide bonds. The van der Waals surface area contributed by atoms with Crippen LogP contribution in [-0.4, -0.2) is 7.11 Å². The summed E-state index contributed by atoms with van der Waals surface area (Å²) in [5, 5.41) is 0.606. The Bertz CT molecular complexity index is 819. The summed E-state index contributed by atoms with van der Waals surface area (Å²) in [4.78, 5) is 12.2. The first-order valence-corrected chi connectivity index (χ1v) is 7.13. The standard InChI is InChI=1S/C16H11IO3/c1-19-12-5-2-10(3-6-12)16-9-14(18)13-8-11(17)4-7-15(13)20-16/h2-9H,1H3/i17-2. The molecule has 1 heterocycles. The highest BCUT2D eigenvalue weighted by molar-refractivity contribution is 14.1. The second kappa shape index (κ2) is 5.28. The lowest BCUT2D eigenvalue weighted by Gasteiger charge is -2.05. The van der Waals surface area contributed by atoms with Gasteiger partial charge in [-0.2, -0.15) is 0 Å². The fraction of sp³-hybridized carbons (Fsp3) is 0.0625. The molecule has 0 aliphatic rings. The maximum absolute atomic E-state index is 12.2. The van der Waals surface area contributed by atoms with Crippen molar-refractivity contribution in [1.82, 2.24) is 0 Å². The maximum Gasteiger partial charge on any atom is 0.193 e. The van der Waals surface area contributed by atoms with Gasteiger partial charge >= 0.3 is 0 Å². The van der Waals surface area contributed by atoms with E-state index in [2.05, 4.69) is 22.6 Å². The van der Waals surface area contributed by atoms with Gasteiger partial charge in [-0.3, -0.25) is 4.79 Å². The molecular formula is C16H11IO3. The molecule has 4 heteroatoms. The Morgan fingerprint density at radius 2 is 1.80 bits per heavy atom. The molecule has 0 atom stereocenters. The molecule has 3 aromatic rings. The van der Waals surface area contributed by atoms with Crippen molar-refractivity contribution in [1.29, 1.82) is 0 Å². The van der Waals surface area contributed by atoms with Gasteiger partial charge in [0.15, 0.2) is 5.43 Å². The van der Waals surface area contributed by atoms with Gasteiger partial charge in [-0.15, -0.1) is 0 Å². The molecule has 0 radical (unpaired) electrons. The van der Waals surface area contributed by atoms with Crippen LogP contribution in [0.3, 0.4) is 0 Å². The van der Waals surface area contributed by atoms with Crippen LogP contribution in [0.5, 0.6) is 5.75 Å². The molecule has 3 rings (SSSR count). The summed E-state index contributed by atoms with van der Waals surface area (Å²) in [5.41, 5.74) is 1.42. The van der Waals surface area contributed by atoms with E-state index in [1.807, 2.05) is 42.5 Å². The van der Waals surface area contributed by atoms with Gasteiger partial charge in [-0.05, 0) is 65.1 Å². The van der Waals surface area contributed by atoms with Gasteiger partial charge in [0.25, 0.3) is 0 Å². The molecule has 100 valence electrons. The number of hydrogen-bond acceptors (Lipinski definition) is 3. The van der Waals surface area contributed by atoms with Gasteiger partial charge < -0.3 is 9.15 Å². The minimum absolute atomic E-state index is 0.0319. The molecule has 1 aromatic heterocycles. The number of fused-ring (bicyclic) bond motifs is 1. The van der Waals surface area contributed by atoms with Crippen LogP contribution in [0.4, 0.5) is 0 Å². The van der Waals surface area contributed by atoms with Gasteiger partial charge in [0, 0.05) is 15.2 Å². The molecule has 0 aliphatic heterocycles. The molecule has 2 aromatic carbocycles. The fourth-order valence-corrected chi connectivity index (χ4v) is 2.52. The van der Waals surface area contributed by atoms with E-state index in [0.717, 1.165) is 14.9 Å². The second-order valence-electron chi connectivity index (χ2n) is 4.34. The van der Waals surface area contributed by atoms with Crippen LogP contribution in [0.2, 0.25) is 0 Å². The lowest BCUT2D eigenvalue weighted by atomic mass is 10.1. The molecule has 0 unspecified atom stereocenters. The lowest BCUT2D eigenvalue weighted by Crippen LogP contribution is -2.00. The number of benzene rings is 2. The summed E-state index contributed by atoms with van der Waals surface area (Å²) in [6.07, 6.45) is 0. The summed E-state index contributed by atoms with van der Waals surface area (Å²) in [7, 11) is 1.62. The SMILES string of the molecule is COc1ccc(-c2cc(=O)c3cc([125I])ccc3o2)cc1. The minimum atomic E-state index is -0.0319. The van der Waals surface area contributed by atoms with E-state index in [0.29, 0.717) is 16.7 Å². The first-order chi connectivity index (χ1) is 9.67. The van der Waals surface area contributed by atoms with Crippen molar-refractivity contribution in [2.75, 3.05) is 7.11 Å². The van der Waals surface area contributed by atoms with E-state index >= 15 is 0 Å². The molecule has 0 N–H and O–H groups in total. The molecule has 0 fully saturated rings. The van der Waals surface area contributed by atoms with E-state index in [-0.39, 0.29) is 5.43 Å². The highest BCUT2D eigenvalue weighted by atomic mass is 125. The lowest BCUT2D eigenvalue weighted by molar-refractivity contribution is 0.415. The molecular weight excluding hydrogens is 365 g/mol. The Hall–Kier alpha value is -1.82. The smallest absolute Gasteiger partial charge is 0.193 e. The molecule has 0 bridgehead atoms. The van der Waals surface area contributed by atoms with Crippen LogP contribution in [-0.2, 0) is 0 Å². The Morgan fingerprint density at radius 3 is 2.50 bits per heavy atom. The number of hydrogen-bond donors (Lipinski definition) is 0. The quantitative estimate of drug-likeness (QED) is 0.633. The zero-order valence-corrected chi connectivity index (χ0v) is 12.9. The van der Waals surface area contributed by atoms with Crippen molar-refractivity contribution >= 4 is 33.6 Å². The van der Waals surface area contributed by atoms with E-state index in [1.54, 1.807) is 7.11 Å². The summed E-state index contributed by atoms with van der Waals surface area (Å²) < 4.78 is 11.9. The van der Waals surface area contributed by atoms with Crippen LogP contribution >= 0.6 is 22.6 Å². The molecule has 0 aliphatic carbocycles. The molecule has 0 spiro atoms. The summed E-state index contributed by atoms with van der Waals surface area (Å²) in [5.74, 6) is 1.33. The van der Waals surface area contributed by atoms with Crippen LogP contribution < -0.4 is 10.2 Å². The third-order valence-corrected chi connectivity index (χ3v) is 3.73. The van der Waals surface area contributed by atoms with Gasteiger partial charge in [0.05, 0.1) is 12.5 Å². The van der Waals surface area contributed by atoms with Crippen LogP contribution in [0, 0.1) is 3.57 Å². The number of halogens is 1. The maximum atomic E-state index is 12.2. The summed E-state index contributed by atoms with van der Waals surface area (Å²) >= 11 is 2.18. The first-order valence-electron chi connectivity index (χ1n) is 6.05. The van der Waals surface area contributed by atoms with E-state index in [1.165, 1.54) is 6.07 Å². The van der Waals surface area contributed by atoms with E-state index in [4.69, 9.17) is 9.15 Å². The Kier molecular flexibility index (Phi) is 3.48. The van der Waals surface area contributed by atoms with E-state index < -0.39 is 0 Å². The Morgan fingerprint density at radius 1 is 1.05 bits per heavy atom. The molecule has 0 saturated heterocycles. The second-order valence-corrected chi connectivity index (χ2v) is 5.59. The number of methoxy groups -OCH3 is 1. The molecule has 20 heavy (non-hydrogen) atoms. The van der Waals surface area contributed by atoms with Crippen molar-refractivity contribution in [2.45, 2.75) is 0 Å². The third-order valence-electron chi connectivity index (χ3n) is 3.06. The highest BCUT2D eigenvalue weighted by Gasteiger charge is 2.07. The number of rotatable bonds is 2. The van der Waals surface area contributed by atoms with Crippen molar-refractivity contribution in [3.8, 4) is 17.1 Å². The topological polar surface area (TPSA) is 39.4 Å². The minimum Gasteiger partial charge on any atom is -0.497 e. The predicted molar refractivity (Wildman–Crippen MR) is 87.2 cm³/mol. The van der Waals surface area contributed by atoms with Crippen molar-refractivity contribution in [2.24, 2.45) is 0 Å². The van der Waals surface area contributed by atoms with Gasteiger partial charge in [-0.25, -0.2) is 0 Å². The summed E-state index contributed by atoms with van der Waals surface area (Å²) in [6, 6.07) is 14.5. The largest absolute Gasteiger partial charge is 0.497 e. The van der Waals surface area contributed by atoms with Gasteiger partial charge in [-0.1, -0.05) is 0 Å². The van der Waals surface area contributed by atoms with Crippen molar-refractivity contribution in [3.05, 3.63) is 62.3 Å². The van der Waals surface area contributed by atoms with Crippen LogP contribution in [0.1, 0.15) is 0 Å². The monoisotopic (exact) mass is 376 g/mol. The highest BCUT2D eigenvalue weighted by Crippen LogP contribution is 2.24. The van der Waals surface area contributed by atoms with Crippen LogP contribution in [0.15, 0.2) is 57.7 Å². The first kappa shape index (κ1) is 13.2. The third kappa shape index (κ3) is 2.43. The zero-order chi connectivity index (χ0) is 14.1. The average molecular weight is 376 g/mol. The normalized spacial score (nSPS) is 10.7. The Balaban J connectivity index is 2.16. The number of ether oxygens (including phenoxy) is 1. The molecule has 3 nitrogen and oxygen atoms in total. The van der Waals surface area contributed by atoms with Gasteiger partial charge in [0.1, 0.15) is 17.1 Å². The zero-order valence-electron chi connectivity index (χ0n) is 10.7. The van der Waals surface area contributed by atoms with Crippen molar-refractivity contribution in [3.63, 3.8) is 0 Å². The molecule has 0 saturated carbocycles. The average Bonchev–Trinajstić information content (AvgIpc) is 2.48. The van der Waals surface area contributed by atoms with Gasteiger partial charge in [0.2, 0.25) is 0 Å². The van der Waals surface area contributed by atoms with Crippen molar-refractivity contribution < 1.29 is 9.15 Å². The predicted octanol–water partition coefficient (Wildman–Crippen LogP) is 4.07. The summed E-state index contributed by atoms with van der Waals surface area (Å²) in [6.45, 7) is 0. The van der Waals surface area contributed by atoms with Crippen LogP contribution in [0.25, 0.3) is 22.3 Å².